The van der Waals surface area contributed by atoms with Crippen LogP contribution in [0.3, 0.4) is 0 Å². The molecular weight excluding hydrogens is 294 g/mol. The van der Waals surface area contributed by atoms with E-state index in [2.05, 4.69) is 5.32 Å². The van der Waals surface area contributed by atoms with Crippen LogP contribution < -0.4 is 5.32 Å². The number of rotatable bonds is 2. The molecule has 2 bridgehead atoms. The third-order valence-electron chi connectivity index (χ3n) is 7.12. The van der Waals surface area contributed by atoms with E-state index >= 15 is 0 Å². The molecule has 5 fully saturated rings. The summed E-state index contributed by atoms with van der Waals surface area (Å²) in [5, 5.41) is 13.5. The van der Waals surface area contributed by atoms with E-state index in [0.717, 1.165) is 44.4 Å². The number of aliphatic hydroxyl groups excluding tert-OH is 1. The summed E-state index contributed by atoms with van der Waals surface area (Å²) < 4.78 is 6.01. The van der Waals surface area contributed by atoms with Crippen molar-refractivity contribution in [2.75, 3.05) is 0 Å². The first kappa shape index (κ1) is 15.1. The highest BCUT2D eigenvalue weighted by Gasteiger charge is 2.54. The molecule has 2 N–H and O–H groups in total. The molecule has 0 aromatic carbocycles. The van der Waals surface area contributed by atoms with Crippen molar-refractivity contribution in [2.45, 2.75) is 100 Å². The summed E-state index contributed by atoms with van der Waals surface area (Å²) in [4.78, 5) is 11.6. The highest BCUT2D eigenvalue weighted by molar-refractivity contribution is 5.02. The summed E-state index contributed by atoms with van der Waals surface area (Å²) in [6.45, 7) is 0. The van der Waals surface area contributed by atoms with Crippen LogP contribution in [-0.4, -0.2) is 47.7 Å². The van der Waals surface area contributed by atoms with Crippen molar-refractivity contribution in [3.63, 3.8) is 0 Å². The summed E-state index contributed by atoms with van der Waals surface area (Å²) in [7, 11) is 0. The minimum absolute atomic E-state index is 0.0618. The van der Waals surface area contributed by atoms with Gasteiger partial charge in [-0.05, 0) is 63.7 Å². The Hall–Kier alpha value is -0.200. The van der Waals surface area contributed by atoms with E-state index in [1.165, 1.54) is 19.3 Å². The minimum atomic E-state index is -0.0618. The second-order valence-electron chi connectivity index (χ2n) is 8.41. The largest absolute Gasteiger partial charge is 0.393 e. The van der Waals surface area contributed by atoms with Crippen molar-refractivity contribution in [2.24, 2.45) is 11.8 Å². The van der Waals surface area contributed by atoms with Gasteiger partial charge in [-0.2, -0.15) is 0 Å². The monoisotopic (exact) mass is 323 g/mol. The quantitative estimate of drug-likeness (QED) is 0.761. The zero-order chi connectivity index (χ0) is 15.4. The molecule has 4 aliphatic heterocycles. The third kappa shape index (κ3) is 2.65. The van der Waals surface area contributed by atoms with Gasteiger partial charge in [0.25, 0.3) is 0 Å². The average Bonchev–Trinajstić information content (AvgIpc) is 3.31. The highest BCUT2D eigenvalue weighted by Crippen LogP contribution is 2.46. The summed E-state index contributed by atoms with van der Waals surface area (Å²) >= 11 is 0. The first-order chi connectivity index (χ1) is 11.3. The number of hydrogen-bond donors (Lipinski definition) is 2. The summed E-state index contributed by atoms with van der Waals surface area (Å²) in [6.07, 6.45) is 11.1. The zero-order valence-electron chi connectivity index (χ0n) is 13.7. The van der Waals surface area contributed by atoms with Crippen LogP contribution in [0.15, 0.2) is 0 Å². The lowest BCUT2D eigenvalue weighted by Gasteiger charge is -2.38. The number of ether oxygens (including phenoxy) is 1. The van der Waals surface area contributed by atoms with Gasteiger partial charge in [-0.3, -0.25) is 0 Å². The fourth-order valence-electron chi connectivity index (χ4n) is 5.80. The van der Waals surface area contributed by atoms with Crippen molar-refractivity contribution in [1.29, 1.82) is 0 Å². The number of fused-ring (bicyclic) bond motifs is 5. The molecule has 5 heteroatoms. The Kier molecular flexibility index (Phi) is 3.91. The Morgan fingerprint density at radius 2 is 1.52 bits per heavy atom. The van der Waals surface area contributed by atoms with Crippen LogP contribution in [0, 0.1) is 11.8 Å². The Morgan fingerprint density at radius 1 is 0.739 bits per heavy atom. The molecule has 4 saturated heterocycles. The van der Waals surface area contributed by atoms with Crippen molar-refractivity contribution >= 4 is 0 Å². The van der Waals surface area contributed by atoms with Gasteiger partial charge in [-0.25, -0.2) is 9.78 Å². The van der Waals surface area contributed by atoms with Crippen molar-refractivity contribution < 1.29 is 19.6 Å². The average molecular weight is 323 g/mol. The van der Waals surface area contributed by atoms with Crippen LogP contribution in [0.25, 0.3) is 0 Å². The van der Waals surface area contributed by atoms with Gasteiger partial charge in [-0.1, -0.05) is 0 Å². The maximum absolute atomic E-state index is 9.70. The molecule has 0 spiro atoms. The van der Waals surface area contributed by atoms with E-state index in [-0.39, 0.29) is 24.4 Å². The molecule has 5 nitrogen and oxygen atoms in total. The Morgan fingerprint density at radius 3 is 2.39 bits per heavy atom. The van der Waals surface area contributed by atoms with E-state index in [1.54, 1.807) is 0 Å². The van der Waals surface area contributed by atoms with Gasteiger partial charge in [0.1, 0.15) is 12.2 Å². The van der Waals surface area contributed by atoms with Crippen LogP contribution in [0.5, 0.6) is 0 Å². The standard InChI is InChI=1S/C18H29NO4/c20-11-3-1-10(2-4-11)13-5-6-14(19-13)17-9-12-15-7-8-16(21-15)18(12)23-22-17/h10-20H,1-9H2. The molecule has 7 atom stereocenters. The lowest BCUT2D eigenvalue weighted by atomic mass is 9.81. The smallest absolute Gasteiger partial charge is 0.124 e. The molecule has 130 valence electrons. The first-order valence-corrected chi connectivity index (χ1v) is 9.69. The summed E-state index contributed by atoms with van der Waals surface area (Å²) in [6, 6.07) is 1.03. The molecule has 0 aromatic rings. The number of nitrogens with one attached hydrogen (secondary N) is 1. The molecule has 0 aromatic heterocycles. The fraction of sp³-hybridized carbons (Fsp3) is 1.00. The van der Waals surface area contributed by atoms with E-state index in [0.29, 0.717) is 24.1 Å². The molecular formula is C18H29NO4. The van der Waals surface area contributed by atoms with Gasteiger partial charge in [0, 0.05) is 18.0 Å². The predicted molar refractivity (Wildman–Crippen MR) is 83.7 cm³/mol. The molecule has 0 amide bonds. The van der Waals surface area contributed by atoms with E-state index in [9.17, 15) is 5.11 Å². The molecule has 5 aliphatic rings. The molecule has 4 heterocycles. The van der Waals surface area contributed by atoms with E-state index in [1.807, 2.05) is 0 Å². The van der Waals surface area contributed by atoms with Crippen molar-refractivity contribution in [3.05, 3.63) is 0 Å². The van der Waals surface area contributed by atoms with Gasteiger partial charge in [0.2, 0.25) is 0 Å². The topological polar surface area (TPSA) is 60.0 Å². The fourth-order valence-corrected chi connectivity index (χ4v) is 5.80. The predicted octanol–water partition coefficient (Wildman–Crippen LogP) is 1.92. The summed E-state index contributed by atoms with van der Waals surface area (Å²) in [5.41, 5.74) is 0. The Balaban J connectivity index is 1.18. The van der Waals surface area contributed by atoms with Gasteiger partial charge in [-0.15, -0.1) is 0 Å². The normalized spacial score (nSPS) is 56.0. The Labute approximate surface area is 138 Å². The molecule has 7 unspecified atom stereocenters. The van der Waals surface area contributed by atoms with Crippen LogP contribution >= 0.6 is 0 Å². The number of aliphatic hydroxyl groups is 1. The van der Waals surface area contributed by atoms with E-state index < -0.39 is 0 Å². The summed E-state index contributed by atoms with van der Waals surface area (Å²) in [5.74, 6) is 1.27. The maximum Gasteiger partial charge on any atom is 0.124 e. The first-order valence-electron chi connectivity index (χ1n) is 9.69. The van der Waals surface area contributed by atoms with Gasteiger partial charge in [0.05, 0.1) is 18.3 Å². The van der Waals surface area contributed by atoms with Gasteiger partial charge < -0.3 is 15.2 Å². The second kappa shape index (κ2) is 5.95. The molecule has 0 radical (unpaired) electrons. The maximum atomic E-state index is 9.70. The third-order valence-corrected chi connectivity index (χ3v) is 7.12. The van der Waals surface area contributed by atoms with Crippen LogP contribution in [-0.2, 0) is 14.5 Å². The lowest BCUT2D eigenvalue weighted by Crippen LogP contribution is -2.50. The van der Waals surface area contributed by atoms with Crippen LogP contribution in [0.1, 0.15) is 57.8 Å². The second-order valence-corrected chi connectivity index (χ2v) is 8.41. The molecule has 5 rings (SSSR count). The van der Waals surface area contributed by atoms with Crippen molar-refractivity contribution in [1.82, 2.24) is 5.32 Å². The van der Waals surface area contributed by atoms with Crippen molar-refractivity contribution in [3.8, 4) is 0 Å². The van der Waals surface area contributed by atoms with Crippen LogP contribution in [0.4, 0.5) is 0 Å². The SMILES string of the molecule is OC1CCC(C2CCC(C3CC4C5CCC(O5)C4OO3)N2)CC1. The van der Waals surface area contributed by atoms with Gasteiger partial charge >= 0.3 is 0 Å². The van der Waals surface area contributed by atoms with E-state index in [4.69, 9.17) is 14.5 Å². The number of hydrogen-bond acceptors (Lipinski definition) is 5. The van der Waals surface area contributed by atoms with Crippen LogP contribution in [0.2, 0.25) is 0 Å². The minimum Gasteiger partial charge on any atom is -0.393 e. The highest BCUT2D eigenvalue weighted by atomic mass is 17.2. The van der Waals surface area contributed by atoms with Gasteiger partial charge in [0.15, 0.2) is 0 Å². The molecule has 23 heavy (non-hydrogen) atoms. The lowest BCUT2D eigenvalue weighted by molar-refractivity contribution is -0.391. The molecule has 1 saturated carbocycles. The Bertz CT molecular complexity index is 439. The zero-order valence-corrected chi connectivity index (χ0v) is 13.7. The molecule has 1 aliphatic carbocycles.